The predicted octanol–water partition coefficient (Wildman–Crippen LogP) is 4.05. The molecular formula is C18H32N2O. The van der Waals surface area contributed by atoms with Gasteiger partial charge in [-0.15, -0.1) is 0 Å². The molecule has 0 bridgehead atoms. The molecule has 1 fully saturated rings. The first kappa shape index (κ1) is 16.6. The Balaban J connectivity index is 2.00. The molecule has 0 aromatic carbocycles. The molecule has 0 amide bonds. The zero-order valence-electron chi connectivity index (χ0n) is 14.2. The van der Waals surface area contributed by atoms with Gasteiger partial charge in [-0.1, -0.05) is 27.7 Å². The monoisotopic (exact) mass is 292 g/mol. The highest BCUT2D eigenvalue weighted by Gasteiger charge is 2.36. The highest BCUT2D eigenvalue weighted by molar-refractivity contribution is 5.01. The summed E-state index contributed by atoms with van der Waals surface area (Å²) in [7, 11) is 0. The quantitative estimate of drug-likeness (QED) is 0.705. The maximum Gasteiger partial charge on any atom is 0.117 e. The van der Waals surface area contributed by atoms with Crippen molar-refractivity contribution < 1.29 is 4.42 Å². The van der Waals surface area contributed by atoms with E-state index in [-0.39, 0.29) is 0 Å². The van der Waals surface area contributed by atoms with Crippen LogP contribution in [-0.4, -0.2) is 30.1 Å². The molecule has 21 heavy (non-hydrogen) atoms. The number of nitrogens with one attached hydrogen (secondary N) is 1. The highest BCUT2D eigenvalue weighted by Crippen LogP contribution is 2.34. The van der Waals surface area contributed by atoms with Gasteiger partial charge in [0.1, 0.15) is 5.76 Å². The summed E-state index contributed by atoms with van der Waals surface area (Å²) in [5, 5.41) is 3.66. The van der Waals surface area contributed by atoms with Crippen molar-refractivity contribution in [3.8, 4) is 0 Å². The molecular weight excluding hydrogens is 260 g/mol. The van der Waals surface area contributed by atoms with Gasteiger partial charge in [0.15, 0.2) is 0 Å². The molecule has 0 spiro atoms. The Bertz CT molecular complexity index is 391. The standard InChI is InChI=1S/C18H32N2O/c1-5-18(6-2,13-19-15(3)4)14-20(16-9-10-16)12-17-8-7-11-21-17/h7-8,11,15-16,19H,5-6,9-10,12-14H2,1-4H3. The summed E-state index contributed by atoms with van der Waals surface area (Å²) in [6, 6.07) is 5.42. The molecule has 1 aliphatic rings. The Morgan fingerprint density at radius 1 is 1.33 bits per heavy atom. The molecule has 3 nitrogen and oxygen atoms in total. The lowest BCUT2D eigenvalue weighted by Crippen LogP contribution is -2.45. The summed E-state index contributed by atoms with van der Waals surface area (Å²) in [4.78, 5) is 2.65. The molecule has 0 atom stereocenters. The topological polar surface area (TPSA) is 28.4 Å². The van der Waals surface area contributed by atoms with Gasteiger partial charge in [-0.05, 0) is 43.2 Å². The second-order valence-electron chi connectivity index (χ2n) is 6.96. The first-order chi connectivity index (χ1) is 10.1. The number of furan rings is 1. The van der Waals surface area contributed by atoms with Gasteiger partial charge in [0.05, 0.1) is 12.8 Å². The van der Waals surface area contributed by atoms with E-state index < -0.39 is 0 Å². The van der Waals surface area contributed by atoms with Crippen LogP contribution in [0.2, 0.25) is 0 Å². The van der Waals surface area contributed by atoms with Gasteiger partial charge >= 0.3 is 0 Å². The van der Waals surface area contributed by atoms with Crippen LogP contribution in [0.3, 0.4) is 0 Å². The van der Waals surface area contributed by atoms with Crippen molar-refractivity contribution >= 4 is 0 Å². The van der Waals surface area contributed by atoms with Gasteiger partial charge in [-0.3, -0.25) is 4.90 Å². The predicted molar refractivity (Wildman–Crippen MR) is 88.3 cm³/mol. The van der Waals surface area contributed by atoms with Crippen LogP contribution < -0.4 is 5.32 Å². The molecule has 1 aromatic heterocycles. The molecule has 0 aliphatic heterocycles. The van der Waals surface area contributed by atoms with E-state index >= 15 is 0 Å². The fourth-order valence-electron chi connectivity index (χ4n) is 2.99. The third-order valence-electron chi connectivity index (χ3n) is 4.93. The molecule has 2 rings (SSSR count). The summed E-state index contributed by atoms with van der Waals surface area (Å²) in [5.74, 6) is 1.10. The first-order valence-electron chi connectivity index (χ1n) is 8.58. The van der Waals surface area contributed by atoms with Gasteiger partial charge in [0.2, 0.25) is 0 Å². The van der Waals surface area contributed by atoms with E-state index in [2.05, 4.69) is 44.0 Å². The molecule has 120 valence electrons. The Morgan fingerprint density at radius 3 is 2.52 bits per heavy atom. The van der Waals surface area contributed by atoms with Crippen molar-refractivity contribution in [1.82, 2.24) is 10.2 Å². The first-order valence-corrected chi connectivity index (χ1v) is 8.58. The van der Waals surface area contributed by atoms with E-state index in [1.54, 1.807) is 6.26 Å². The Hall–Kier alpha value is -0.800. The lowest BCUT2D eigenvalue weighted by atomic mass is 9.81. The average Bonchev–Trinajstić information content (AvgIpc) is 3.20. The number of nitrogens with zero attached hydrogens (tertiary/aromatic N) is 1. The van der Waals surface area contributed by atoms with Gasteiger partial charge < -0.3 is 9.73 Å². The smallest absolute Gasteiger partial charge is 0.117 e. The molecule has 0 saturated heterocycles. The van der Waals surface area contributed by atoms with Crippen LogP contribution in [0.5, 0.6) is 0 Å². The van der Waals surface area contributed by atoms with Crippen LogP contribution in [0.15, 0.2) is 22.8 Å². The van der Waals surface area contributed by atoms with E-state index in [9.17, 15) is 0 Å². The fourth-order valence-corrected chi connectivity index (χ4v) is 2.99. The van der Waals surface area contributed by atoms with Crippen LogP contribution in [-0.2, 0) is 6.54 Å². The SMILES string of the molecule is CCC(CC)(CNC(C)C)CN(Cc1ccco1)C1CC1. The summed E-state index contributed by atoms with van der Waals surface area (Å²) in [6.45, 7) is 12.4. The van der Waals surface area contributed by atoms with Crippen molar-refractivity contribution in [3.63, 3.8) is 0 Å². The third kappa shape index (κ3) is 4.86. The second kappa shape index (κ2) is 7.46. The normalized spacial score (nSPS) is 16.1. The molecule has 1 heterocycles. The van der Waals surface area contributed by atoms with Crippen molar-refractivity contribution in [3.05, 3.63) is 24.2 Å². The molecule has 1 saturated carbocycles. The van der Waals surface area contributed by atoms with Gasteiger partial charge in [0.25, 0.3) is 0 Å². The number of rotatable bonds is 10. The molecule has 3 heteroatoms. The van der Waals surface area contributed by atoms with Crippen LogP contribution in [0.1, 0.15) is 59.1 Å². The molecule has 1 N–H and O–H groups in total. The lowest BCUT2D eigenvalue weighted by molar-refractivity contribution is 0.114. The Kier molecular flexibility index (Phi) is 5.88. The number of hydrogen-bond donors (Lipinski definition) is 1. The summed E-state index contributed by atoms with van der Waals surface area (Å²) < 4.78 is 5.56. The van der Waals surface area contributed by atoms with Gasteiger partial charge in [-0.25, -0.2) is 0 Å². The van der Waals surface area contributed by atoms with E-state index in [0.29, 0.717) is 11.5 Å². The van der Waals surface area contributed by atoms with Crippen LogP contribution in [0, 0.1) is 5.41 Å². The summed E-state index contributed by atoms with van der Waals surface area (Å²) in [6.07, 6.45) is 6.94. The third-order valence-corrected chi connectivity index (χ3v) is 4.93. The van der Waals surface area contributed by atoms with Crippen molar-refractivity contribution in [2.24, 2.45) is 5.41 Å². The van der Waals surface area contributed by atoms with E-state index in [4.69, 9.17) is 4.42 Å². The van der Waals surface area contributed by atoms with Gasteiger partial charge in [0, 0.05) is 25.2 Å². The zero-order valence-corrected chi connectivity index (χ0v) is 14.2. The molecule has 0 radical (unpaired) electrons. The zero-order chi connectivity index (χ0) is 15.3. The summed E-state index contributed by atoms with van der Waals surface area (Å²) >= 11 is 0. The van der Waals surface area contributed by atoms with E-state index in [0.717, 1.165) is 24.9 Å². The van der Waals surface area contributed by atoms with E-state index in [1.807, 2.05) is 6.07 Å². The minimum absolute atomic E-state index is 0.374. The van der Waals surface area contributed by atoms with Crippen LogP contribution in [0.25, 0.3) is 0 Å². The maximum atomic E-state index is 5.56. The van der Waals surface area contributed by atoms with Crippen molar-refractivity contribution in [2.45, 2.75) is 72.0 Å². The van der Waals surface area contributed by atoms with Crippen molar-refractivity contribution in [2.75, 3.05) is 13.1 Å². The second-order valence-corrected chi connectivity index (χ2v) is 6.96. The molecule has 0 unspecified atom stereocenters. The fraction of sp³-hybridized carbons (Fsp3) is 0.778. The molecule has 1 aliphatic carbocycles. The van der Waals surface area contributed by atoms with Gasteiger partial charge in [-0.2, -0.15) is 0 Å². The lowest BCUT2D eigenvalue weighted by Gasteiger charge is -2.38. The average molecular weight is 292 g/mol. The maximum absolute atomic E-state index is 5.56. The Labute approximate surface area is 130 Å². The van der Waals surface area contributed by atoms with E-state index in [1.165, 1.54) is 32.2 Å². The van der Waals surface area contributed by atoms with Crippen molar-refractivity contribution in [1.29, 1.82) is 0 Å². The minimum Gasteiger partial charge on any atom is -0.468 e. The summed E-state index contributed by atoms with van der Waals surface area (Å²) in [5.41, 5.74) is 0.374. The largest absolute Gasteiger partial charge is 0.468 e. The highest BCUT2D eigenvalue weighted by atomic mass is 16.3. The van der Waals surface area contributed by atoms with Crippen LogP contribution in [0.4, 0.5) is 0 Å². The number of hydrogen-bond acceptors (Lipinski definition) is 3. The minimum atomic E-state index is 0.374. The molecule has 1 aromatic rings. The van der Waals surface area contributed by atoms with Crippen LogP contribution >= 0.6 is 0 Å². The Morgan fingerprint density at radius 2 is 2.05 bits per heavy atom.